The van der Waals surface area contributed by atoms with Gasteiger partial charge in [0, 0.05) is 13.1 Å². The van der Waals surface area contributed by atoms with Crippen LogP contribution >= 0.6 is 0 Å². The summed E-state index contributed by atoms with van der Waals surface area (Å²) in [5, 5.41) is 0. The van der Waals surface area contributed by atoms with Crippen molar-refractivity contribution in [3.63, 3.8) is 0 Å². The molecule has 0 bridgehead atoms. The smallest absolute Gasteiger partial charge is 0.120 e. The first-order valence-corrected chi connectivity index (χ1v) is 8.20. The van der Waals surface area contributed by atoms with Gasteiger partial charge < -0.3 is 9.47 Å². The molecule has 1 heterocycles. The minimum atomic E-state index is -0.239. The fourth-order valence-corrected chi connectivity index (χ4v) is 2.73. The van der Waals surface area contributed by atoms with Crippen LogP contribution < -0.4 is 9.47 Å². The van der Waals surface area contributed by atoms with E-state index in [-0.39, 0.29) is 18.4 Å². The van der Waals surface area contributed by atoms with Crippen LogP contribution in [0.5, 0.6) is 11.5 Å². The minimum absolute atomic E-state index is 0.192. The average molecular weight is 309 g/mol. The van der Waals surface area contributed by atoms with E-state index in [4.69, 9.17) is 9.47 Å². The monoisotopic (exact) mass is 309 g/mol. The molecule has 2 rings (SSSR count). The van der Waals surface area contributed by atoms with E-state index in [0.717, 1.165) is 44.0 Å². The molecule has 1 aromatic rings. The maximum absolute atomic E-state index is 12.3. The van der Waals surface area contributed by atoms with Crippen LogP contribution in [0.25, 0.3) is 0 Å². The molecule has 4 heteroatoms. The Morgan fingerprint density at radius 3 is 2.50 bits per heavy atom. The highest BCUT2D eigenvalue weighted by atomic mass is 19.1. The molecule has 0 N–H and O–H groups in total. The molecular formula is C18H28FNO2. The first-order chi connectivity index (χ1) is 10.5. The third kappa shape index (κ3) is 5.84. The van der Waals surface area contributed by atoms with Crippen molar-refractivity contribution in [1.29, 1.82) is 0 Å². The van der Waals surface area contributed by atoms with E-state index in [1.807, 2.05) is 45.0 Å². The number of halogens is 1. The molecule has 22 heavy (non-hydrogen) atoms. The molecule has 0 radical (unpaired) electrons. The number of benzene rings is 1. The standard InChI is InChI=1S/C18H28FNO2/c1-18(2,3)22-16-9-7-15(8-10-16)21-17-6-4-12-20(14-17)13-5-11-19/h7-10,17H,4-6,11-14H2,1-3H3/t17-/m1/s1. The van der Waals surface area contributed by atoms with Gasteiger partial charge in [-0.3, -0.25) is 9.29 Å². The largest absolute Gasteiger partial charge is 0.489 e. The molecule has 0 amide bonds. The summed E-state index contributed by atoms with van der Waals surface area (Å²) < 4.78 is 24.1. The number of hydrogen-bond donors (Lipinski definition) is 0. The van der Waals surface area contributed by atoms with Gasteiger partial charge in [0.25, 0.3) is 0 Å². The second kappa shape index (κ2) is 7.82. The summed E-state index contributed by atoms with van der Waals surface area (Å²) in [6, 6.07) is 7.82. The van der Waals surface area contributed by atoms with Crippen molar-refractivity contribution in [1.82, 2.24) is 4.90 Å². The van der Waals surface area contributed by atoms with E-state index in [1.54, 1.807) is 0 Å². The van der Waals surface area contributed by atoms with E-state index >= 15 is 0 Å². The predicted molar refractivity (Wildman–Crippen MR) is 87.5 cm³/mol. The molecule has 124 valence electrons. The summed E-state index contributed by atoms with van der Waals surface area (Å²) in [6.45, 7) is 8.63. The molecule has 0 saturated carbocycles. The number of piperidine rings is 1. The topological polar surface area (TPSA) is 21.7 Å². The molecule has 1 aliphatic rings. The normalized spacial score (nSPS) is 19.9. The highest BCUT2D eigenvalue weighted by molar-refractivity contribution is 5.31. The van der Waals surface area contributed by atoms with Crippen LogP contribution in [0, 0.1) is 0 Å². The van der Waals surface area contributed by atoms with Crippen LogP contribution in [0.4, 0.5) is 4.39 Å². The van der Waals surface area contributed by atoms with Crippen LogP contribution in [-0.2, 0) is 0 Å². The SMILES string of the molecule is CC(C)(C)Oc1ccc(O[C@@H]2CCCN(CCCF)C2)cc1. The van der Waals surface area contributed by atoms with Crippen molar-refractivity contribution < 1.29 is 13.9 Å². The average Bonchev–Trinajstić information content (AvgIpc) is 2.46. The van der Waals surface area contributed by atoms with Crippen LogP contribution in [-0.4, -0.2) is 42.9 Å². The Labute approximate surface area is 133 Å². The Hall–Kier alpha value is -1.29. The van der Waals surface area contributed by atoms with Gasteiger partial charge in [-0.1, -0.05) is 0 Å². The Kier molecular flexibility index (Phi) is 6.07. The van der Waals surface area contributed by atoms with E-state index < -0.39 is 0 Å². The molecule has 1 atom stereocenters. The van der Waals surface area contributed by atoms with Crippen molar-refractivity contribution in [3.05, 3.63) is 24.3 Å². The number of hydrogen-bond acceptors (Lipinski definition) is 3. The maximum Gasteiger partial charge on any atom is 0.120 e. The van der Waals surface area contributed by atoms with Gasteiger partial charge in [-0.05, 0) is 70.8 Å². The zero-order valence-corrected chi connectivity index (χ0v) is 14.0. The zero-order valence-electron chi connectivity index (χ0n) is 14.0. The third-order valence-corrected chi connectivity index (χ3v) is 3.62. The summed E-state index contributed by atoms with van der Waals surface area (Å²) in [6.07, 6.45) is 2.99. The van der Waals surface area contributed by atoms with Gasteiger partial charge in [-0.15, -0.1) is 0 Å². The Morgan fingerprint density at radius 1 is 1.18 bits per heavy atom. The molecule has 1 aromatic carbocycles. The Morgan fingerprint density at radius 2 is 1.86 bits per heavy atom. The molecular weight excluding hydrogens is 281 g/mol. The van der Waals surface area contributed by atoms with Crippen molar-refractivity contribution in [2.24, 2.45) is 0 Å². The maximum atomic E-state index is 12.3. The van der Waals surface area contributed by atoms with Gasteiger partial charge in [0.2, 0.25) is 0 Å². The molecule has 0 aliphatic carbocycles. The van der Waals surface area contributed by atoms with Gasteiger partial charge in [-0.2, -0.15) is 0 Å². The predicted octanol–water partition coefficient (Wildman–Crippen LogP) is 4.07. The van der Waals surface area contributed by atoms with E-state index in [1.165, 1.54) is 0 Å². The lowest BCUT2D eigenvalue weighted by Gasteiger charge is -2.32. The fraction of sp³-hybridized carbons (Fsp3) is 0.667. The number of ether oxygens (including phenoxy) is 2. The van der Waals surface area contributed by atoms with Gasteiger partial charge in [0.15, 0.2) is 0 Å². The summed E-state index contributed by atoms with van der Waals surface area (Å²) in [7, 11) is 0. The second-order valence-electron chi connectivity index (χ2n) is 6.91. The lowest BCUT2D eigenvalue weighted by Crippen LogP contribution is -2.41. The minimum Gasteiger partial charge on any atom is -0.489 e. The molecule has 0 unspecified atom stereocenters. The number of rotatable bonds is 6. The second-order valence-corrected chi connectivity index (χ2v) is 6.91. The third-order valence-electron chi connectivity index (χ3n) is 3.62. The van der Waals surface area contributed by atoms with E-state index in [0.29, 0.717) is 6.42 Å². The van der Waals surface area contributed by atoms with Crippen LogP contribution in [0.3, 0.4) is 0 Å². The summed E-state index contributed by atoms with van der Waals surface area (Å²) in [5.41, 5.74) is -0.192. The Bertz CT molecular complexity index is 441. The molecule has 1 saturated heterocycles. The summed E-state index contributed by atoms with van der Waals surface area (Å²) >= 11 is 0. The number of alkyl halides is 1. The van der Waals surface area contributed by atoms with Crippen LogP contribution in [0.1, 0.15) is 40.0 Å². The highest BCUT2D eigenvalue weighted by Crippen LogP contribution is 2.24. The zero-order chi connectivity index (χ0) is 16.0. The van der Waals surface area contributed by atoms with E-state index in [9.17, 15) is 4.39 Å². The van der Waals surface area contributed by atoms with E-state index in [2.05, 4.69) is 4.90 Å². The first kappa shape index (κ1) is 17.1. The van der Waals surface area contributed by atoms with Crippen molar-refractivity contribution in [2.45, 2.75) is 51.7 Å². The Balaban J connectivity index is 1.85. The van der Waals surface area contributed by atoms with Gasteiger partial charge in [-0.25, -0.2) is 0 Å². The summed E-state index contributed by atoms with van der Waals surface area (Å²) in [5.74, 6) is 1.73. The quantitative estimate of drug-likeness (QED) is 0.791. The lowest BCUT2D eigenvalue weighted by atomic mass is 10.1. The fourth-order valence-electron chi connectivity index (χ4n) is 2.73. The van der Waals surface area contributed by atoms with Crippen molar-refractivity contribution in [2.75, 3.05) is 26.3 Å². The number of nitrogens with zero attached hydrogens (tertiary/aromatic N) is 1. The molecule has 0 spiro atoms. The van der Waals surface area contributed by atoms with Gasteiger partial charge in [0.1, 0.15) is 23.2 Å². The number of likely N-dealkylation sites (tertiary alicyclic amines) is 1. The lowest BCUT2D eigenvalue weighted by molar-refractivity contribution is 0.0863. The highest BCUT2D eigenvalue weighted by Gasteiger charge is 2.21. The summed E-state index contributed by atoms with van der Waals surface area (Å²) in [4.78, 5) is 2.30. The molecule has 0 aromatic heterocycles. The van der Waals surface area contributed by atoms with Crippen molar-refractivity contribution >= 4 is 0 Å². The van der Waals surface area contributed by atoms with Gasteiger partial charge in [0.05, 0.1) is 6.67 Å². The first-order valence-electron chi connectivity index (χ1n) is 8.20. The van der Waals surface area contributed by atoms with Crippen LogP contribution in [0.2, 0.25) is 0 Å². The van der Waals surface area contributed by atoms with Crippen molar-refractivity contribution in [3.8, 4) is 11.5 Å². The molecule has 1 aliphatic heterocycles. The van der Waals surface area contributed by atoms with Crippen LogP contribution in [0.15, 0.2) is 24.3 Å². The van der Waals surface area contributed by atoms with Gasteiger partial charge >= 0.3 is 0 Å². The molecule has 3 nitrogen and oxygen atoms in total. The molecule has 1 fully saturated rings.